The molecule has 0 aromatic carbocycles. The van der Waals surface area contributed by atoms with Gasteiger partial charge in [-0.2, -0.15) is 4.68 Å². The Morgan fingerprint density at radius 1 is 1.33 bits per heavy atom. The van der Waals surface area contributed by atoms with E-state index in [2.05, 4.69) is 20.0 Å². The van der Waals surface area contributed by atoms with E-state index in [4.69, 9.17) is 22.7 Å². The lowest BCUT2D eigenvalue weighted by Gasteiger charge is -1.95. The first-order chi connectivity index (χ1) is 7.09. The van der Waals surface area contributed by atoms with E-state index in [0.29, 0.717) is 5.69 Å². The third-order valence-corrected chi connectivity index (χ3v) is 1.83. The molecule has 7 N–H and O–H groups in total. The minimum Gasteiger partial charge on any atom is -0.379 e. The summed E-state index contributed by atoms with van der Waals surface area (Å²) in [7, 11) is 0. The molecule has 10 heteroatoms. The standard InChI is InChI=1S/C5H9N9O/c6-3-2(11-15-12-3)1-13-5(8)14(9)4(7)10-13/h8H,1,9H2,(H2,6,12)(H2,7,10). The molecule has 0 radical (unpaired) electrons. The van der Waals surface area contributed by atoms with Gasteiger partial charge in [-0.3, -0.25) is 5.41 Å². The van der Waals surface area contributed by atoms with Crippen LogP contribution in [0.2, 0.25) is 0 Å². The summed E-state index contributed by atoms with van der Waals surface area (Å²) in [6.45, 7) is 0.128. The molecule has 10 nitrogen and oxygen atoms in total. The molecular formula is C5H9N9O. The van der Waals surface area contributed by atoms with E-state index in [9.17, 15) is 0 Å². The van der Waals surface area contributed by atoms with E-state index in [0.717, 1.165) is 4.68 Å². The van der Waals surface area contributed by atoms with Crippen molar-refractivity contribution in [3.63, 3.8) is 0 Å². The van der Waals surface area contributed by atoms with Gasteiger partial charge < -0.3 is 17.3 Å². The molecule has 0 fully saturated rings. The number of nitrogens with two attached hydrogens (primary N) is 3. The quantitative estimate of drug-likeness (QED) is 0.398. The van der Waals surface area contributed by atoms with Crippen LogP contribution in [0.25, 0.3) is 0 Å². The molecule has 0 bridgehead atoms. The van der Waals surface area contributed by atoms with Crippen molar-refractivity contribution in [2.45, 2.75) is 6.54 Å². The van der Waals surface area contributed by atoms with Gasteiger partial charge in [0.2, 0.25) is 11.6 Å². The number of anilines is 2. The smallest absolute Gasteiger partial charge is 0.241 e. The second-order valence-corrected chi connectivity index (χ2v) is 2.81. The number of nitrogens with zero attached hydrogens (tertiary/aromatic N) is 5. The largest absolute Gasteiger partial charge is 0.379 e. The van der Waals surface area contributed by atoms with Crippen LogP contribution in [0.5, 0.6) is 0 Å². The zero-order valence-electron chi connectivity index (χ0n) is 7.58. The Kier molecular flexibility index (Phi) is 1.81. The Bertz CT molecular complexity index is 533. The second-order valence-electron chi connectivity index (χ2n) is 2.81. The Hall–Kier alpha value is -2.52. The number of rotatable bonds is 2. The molecule has 15 heavy (non-hydrogen) atoms. The van der Waals surface area contributed by atoms with Crippen molar-refractivity contribution >= 4 is 11.8 Å². The van der Waals surface area contributed by atoms with Gasteiger partial charge >= 0.3 is 0 Å². The summed E-state index contributed by atoms with van der Waals surface area (Å²) in [5.41, 5.74) is 11.1. The van der Waals surface area contributed by atoms with Crippen LogP contribution in [0.1, 0.15) is 5.69 Å². The molecule has 80 valence electrons. The summed E-state index contributed by atoms with van der Waals surface area (Å²) in [6.07, 6.45) is 0. The van der Waals surface area contributed by atoms with Crippen molar-refractivity contribution in [3.05, 3.63) is 11.3 Å². The fourth-order valence-corrected chi connectivity index (χ4v) is 1.03. The first kappa shape index (κ1) is 9.05. The molecule has 0 saturated carbocycles. The Labute approximate surface area is 82.7 Å². The average molecular weight is 211 g/mol. The highest BCUT2D eigenvalue weighted by Gasteiger charge is 2.11. The summed E-state index contributed by atoms with van der Waals surface area (Å²) in [6, 6.07) is 0. The molecule has 2 aromatic heterocycles. The van der Waals surface area contributed by atoms with Crippen LogP contribution < -0.4 is 22.9 Å². The zero-order valence-corrected chi connectivity index (χ0v) is 7.58. The molecular weight excluding hydrogens is 202 g/mol. The van der Waals surface area contributed by atoms with Crippen molar-refractivity contribution in [1.29, 1.82) is 5.41 Å². The molecule has 0 aliphatic heterocycles. The average Bonchev–Trinajstić information content (AvgIpc) is 2.69. The molecule has 2 rings (SSSR count). The lowest BCUT2D eigenvalue weighted by atomic mass is 10.4. The lowest BCUT2D eigenvalue weighted by Crippen LogP contribution is -2.31. The van der Waals surface area contributed by atoms with Crippen molar-refractivity contribution in [2.75, 3.05) is 17.3 Å². The maximum absolute atomic E-state index is 7.53. The maximum atomic E-state index is 7.53. The molecule has 2 aromatic rings. The van der Waals surface area contributed by atoms with Gasteiger partial charge in [0.25, 0.3) is 0 Å². The maximum Gasteiger partial charge on any atom is 0.241 e. The minimum absolute atomic E-state index is 0.0232. The third-order valence-electron chi connectivity index (χ3n) is 1.83. The van der Waals surface area contributed by atoms with E-state index in [1.165, 1.54) is 4.68 Å². The fourth-order valence-electron chi connectivity index (χ4n) is 1.03. The molecule has 0 amide bonds. The number of nitrogen functional groups attached to an aromatic ring is 3. The van der Waals surface area contributed by atoms with Gasteiger partial charge in [-0.05, 0) is 5.16 Å². The summed E-state index contributed by atoms with van der Waals surface area (Å²) in [5, 5.41) is 18.3. The summed E-state index contributed by atoms with van der Waals surface area (Å²) < 4.78 is 6.56. The summed E-state index contributed by atoms with van der Waals surface area (Å²) in [4.78, 5) is 0. The van der Waals surface area contributed by atoms with Gasteiger partial charge in [0.1, 0.15) is 0 Å². The zero-order chi connectivity index (χ0) is 11.0. The Morgan fingerprint density at radius 3 is 2.53 bits per heavy atom. The van der Waals surface area contributed by atoms with Crippen LogP contribution >= 0.6 is 0 Å². The van der Waals surface area contributed by atoms with Crippen molar-refractivity contribution < 1.29 is 4.63 Å². The highest BCUT2D eigenvalue weighted by molar-refractivity contribution is 5.30. The van der Waals surface area contributed by atoms with Crippen molar-refractivity contribution in [1.82, 2.24) is 24.8 Å². The van der Waals surface area contributed by atoms with E-state index in [-0.39, 0.29) is 23.9 Å². The van der Waals surface area contributed by atoms with E-state index in [1.807, 2.05) is 0 Å². The topological polar surface area (TPSA) is 164 Å². The van der Waals surface area contributed by atoms with Crippen LogP contribution in [0.4, 0.5) is 11.8 Å². The van der Waals surface area contributed by atoms with Crippen LogP contribution in [-0.2, 0) is 6.54 Å². The first-order valence-electron chi connectivity index (χ1n) is 3.91. The van der Waals surface area contributed by atoms with Crippen LogP contribution in [0, 0.1) is 5.41 Å². The normalized spacial score (nSPS) is 10.7. The summed E-state index contributed by atoms with van der Waals surface area (Å²) >= 11 is 0. The second kappa shape index (κ2) is 3.01. The van der Waals surface area contributed by atoms with E-state index >= 15 is 0 Å². The van der Waals surface area contributed by atoms with Gasteiger partial charge in [-0.25, -0.2) is 9.31 Å². The van der Waals surface area contributed by atoms with Crippen molar-refractivity contribution in [2.24, 2.45) is 0 Å². The lowest BCUT2D eigenvalue weighted by molar-refractivity contribution is 0.303. The minimum atomic E-state index is -0.0742. The van der Waals surface area contributed by atoms with Crippen LogP contribution in [-0.4, -0.2) is 24.8 Å². The first-order valence-corrected chi connectivity index (χ1v) is 3.91. The predicted octanol–water partition coefficient (Wildman–Crippen LogP) is -2.53. The fraction of sp³-hybridized carbons (Fsp3) is 0.200. The van der Waals surface area contributed by atoms with Gasteiger partial charge in [0.15, 0.2) is 11.5 Å². The highest BCUT2D eigenvalue weighted by atomic mass is 16.6. The molecule has 0 aliphatic rings. The van der Waals surface area contributed by atoms with Crippen LogP contribution in [0.15, 0.2) is 4.63 Å². The van der Waals surface area contributed by atoms with E-state index in [1.54, 1.807) is 0 Å². The molecule has 0 saturated heterocycles. The van der Waals surface area contributed by atoms with Crippen LogP contribution in [0.3, 0.4) is 0 Å². The predicted molar refractivity (Wildman–Crippen MR) is 48.4 cm³/mol. The molecule has 0 unspecified atom stereocenters. The van der Waals surface area contributed by atoms with Gasteiger partial charge in [-0.15, -0.1) is 5.10 Å². The summed E-state index contributed by atoms with van der Waals surface area (Å²) in [5.74, 6) is 5.57. The molecule has 0 aliphatic carbocycles. The monoisotopic (exact) mass is 211 g/mol. The SMILES string of the molecule is N=c1n(Cc2nonc2N)nc(N)n1N. The van der Waals surface area contributed by atoms with E-state index < -0.39 is 0 Å². The van der Waals surface area contributed by atoms with Gasteiger partial charge in [0.05, 0.1) is 6.54 Å². The van der Waals surface area contributed by atoms with Gasteiger partial charge in [-0.1, -0.05) is 5.16 Å². The molecule has 2 heterocycles. The Morgan fingerprint density at radius 2 is 2.07 bits per heavy atom. The highest BCUT2D eigenvalue weighted by Crippen LogP contribution is 2.04. The van der Waals surface area contributed by atoms with Gasteiger partial charge in [0, 0.05) is 0 Å². The number of hydrogen-bond donors (Lipinski definition) is 4. The third kappa shape index (κ3) is 1.37. The van der Waals surface area contributed by atoms with Crippen molar-refractivity contribution in [3.8, 4) is 0 Å². The number of hydrogen-bond acceptors (Lipinski definition) is 8. The molecule has 0 spiro atoms. The molecule has 0 atom stereocenters. The number of aromatic nitrogens is 5. The number of nitrogens with one attached hydrogen (secondary N) is 1. The Balaban J connectivity index is 2.37.